The lowest BCUT2D eigenvalue weighted by Gasteiger charge is -2.18. The highest BCUT2D eigenvalue weighted by atomic mass is 32.2. The molecule has 5 rings (SSSR count). The van der Waals surface area contributed by atoms with E-state index in [1.54, 1.807) is 24.3 Å². The highest BCUT2D eigenvalue weighted by molar-refractivity contribution is 8.00. The SMILES string of the molecule is CCC(Sc1nc2ccccc2c(=O)n1-c1ccccc1)C(=O)Nc1ccc(S(=O)(=O)Nc2ncccn2)cc1. The highest BCUT2D eigenvalue weighted by Gasteiger charge is 2.23. The molecule has 0 saturated carbocycles. The van der Waals surface area contributed by atoms with Gasteiger partial charge in [-0.3, -0.25) is 14.2 Å². The van der Waals surface area contributed by atoms with Gasteiger partial charge in [0.1, 0.15) is 0 Å². The third-order valence-electron chi connectivity index (χ3n) is 5.89. The van der Waals surface area contributed by atoms with Crippen molar-refractivity contribution in [2.24, 2.45) is 0 Å². The van der Waals surface area contributed by atoms with Crippen LogP contribution in [0, 0.1) is 0 Å². The molecule has 0 fully saturated rings. The Morgan fingerprint density at radius 1 is 0.925 bits per heavy atom. The Morgan fingerprint density at radius 2 is 1.60 bits per heavy atom. The molecule has 202 valence electrons. The molecule has 3 aromatic carbocycles. The number of nitrogens with one attached hydrogen (secondary N) is 2. The molecule has 0 aliphatic rings. The molecule has 0 aliphatic heterocycles. The van der Waals surface area contributed by atoms with Gasteiger partial charge in [-0.2, -0.15) is 0 Å². The largest absolute Gasteiger partial charge is 0.325 e. The summed E-state index contributed by atoms with van der Waals surface area (Å²) in [5, 5.41) is 3.14. The van der Waals surface area contributed by atoms with Gasteiger partial charge in [-0.1, -0.05) is 49.0 Å². The van der Waals surface area contributed by atoms with Crippen LogP contribution in [-0.4, -0.2) is 39.1 Å². The molecular formula is C28H24N6O4S2. The van der Waals surface area contributed by atoms with Gasteiger partial charge in [0.25, 0.3) is 15.6 Å². The van der Waals surface area contributed by atoms with Gasteiger partial charge in [0.05, 0.1) is 26.7 Å². The summed E-state index contributed by atoms with van der Waals surface area (Å²) in [4.78, 5) is 39.2. The number of aromatic nitrogens is 4. The molecule has 1 atom stereocenters. The number of para-hydroxylation sites is 2. The van der Waals surface area contributed by atoms with Gasteiger partial charge >= 0.3 is 0 Å². The summed E-state index contributed by atoms with van der Waals surface area (Å²) in [6.07, 6.45) is 3.32. The van der Waals surface area contributed by atoms with E-state index in [9.17, 15) is 18.0 Å². The van der Waals surface area contributed by atoms with Crippen LogP contribution in [0.2, 0.25) is 0 Å². The highest BCUT2D eigenvalue weighted by Crippen LogP contribution is 2.28. The van der Waals surface area contributed by atoms with Gasteiger partial charge in [-0.15, -0.1) is 0 Å². The first-order valence-electron chi connectivity index (χ1n) is 12.3. The first-order valence-corrected chi connectivity index (χ1v) is 14.7. The quantitative estimate of drug-likeness (QED) is 0.195. The molecule has 0 radical (unpaired) electrons. The van der Waals surface area contributed by atoms with E-state index < -0.39 is 15.3 Å². The van der Waals surface area contributed by atoms with Crippen molar-refractivity contribution in [3.63, 3.8) is 0 Å². The number of benzene rings is 3. The summed E-state index contributed by atoms with van der Waals surface area (Å²) in [5.41, 5.74) is 1.39. The van der Waals surface area contributed by atoms with E-state index in [-0.39, 0.29) is 22.3 Å². The number of carbonyl (C=O) groups excluding carboxylic acids is 1. The number of carbonyl (C=O) groups is 1. The Balaban J connectivity index is 1.37. The van der Waals surface area contributed by atoms with Crippen LogP contribution in [0.15, 0.2) is 112 Å². The van der Waals surface area contributed by atoms with Crippen molar-refractivity contribution >= 4 is 50.2 Å². The summed E-state index contributed by atoms with van der Waals surface area (Å²) in [6, 6.07) is 23.6. The second-order valence-electron chi connectivity index (χ2n) is 8.59. The fourth-order valence-corrected chi connectivity index (χ4v) is 5.91. The summed E-state index contributed by atoms with van der Waals surface area (Å²) >= 11 is 1.20. The Bertz CT molecular complexity index is 1810. The summed E-state index contributed by atoms with van der Waals surface area (Å²) in [7, 11) is -3.91. The summed E-state index contributed by atoms with van der Waals surface area (Å²) in [6.45, 7) is 1.87. The average Bonchev–Trinajstić information content (AvgIpc) is 2.97. The standard InChI is InChI=1S/C28H24N6O4S2/c1-2-24(25(35)31-19-13-15-21(16-14-19)40(37,38)33-27-29-17-8-18-30-27)39-28-32-23-12-7-6-11-22(23)26(36)34(28)20-9-4-3-5-10-20/h3-18,24H,2H2,1H3,(H,31,35)(H,29,30,33). The van der Waals surface area contributed by atoms with E-state index in [4.69, 9.17) is 4.98 Å². The Hall–Kier alpha value is -4.55. The van der Waals surface area contributed by atoms with Crippen molar-refractivity contribution in [3.8, 4) is 5.69 Å². The number of hydrogen-bond acceptors (Lipinski definition) is 8. The van der Waals surface area contributed by atoms with E-state index in [2.05, 4.69) is 20.0 Å². The third kappa shape index (κ3) is 5.87. The van der Waals surface area contributed by atoms with Crippen LogP contribution in [0.4, 0.5) is 11.6 Å². The van der Waals surface area contributed by atoms with Crippen molar-refractivity contribution < 1.29 is 13.2 Å². The van der Waals surface area contributed by atoms with Crippen molar-refractivity contribution in [1.82, 2.24) is 19.5 Å². The lowest BCUT2D eigenvalue weighted by molar-refractivity contribution is -0.115. The number of amides is 1. The molecule has 2 aromatic heterocycles. The molecule has 2 heterocycles. The number of fused-ring (bicyclic) bond motifs is 1. The zero-order valence-electron chi connectivity index (χ0n) is 21.3. The number of thioether (sulfide) groups is 1. The number of nitrogens with zero attached hydrogens (tertiary/aromatic N) is 4. The lowest BCUT2D eigenvalue weighted by atomic mass is 10.2. The van der Waals surface area contributed by atoms with E-state index in [0.717, 1.165) is 0 Å². The van der Waals surface area contributed by atoms with Gasteiger partial charge in [0, 0.05) is 18.1 Å². The van der Waals surface area contributed by atoms with Crippen LogP contribution in [0.3, 0.4) is 0 Å². The van der Waals surface area contributed by atoms with Crippen LogP contribution in [0.25, 0.3) is 16.6 Å². The fraction of sp³-hybridized carbons (Fsp3) is 0.107. The molecule has 1 amide bonds. The van der Waals surface area contributed by atoms with E-state index in [1.807, 2.05) is 43.3 Å². The van der Waals surface area contributed by atoms with Crippen LogP contribution in [0.5, 0.6) is 0 Å². The predicted octanol–water partition coefficient (Wildman–Crippen LogP) is 4.49. The predicted molar refractivity (Wildman–Crippen MR) is 155 cm³/mol. The van der Waals surface area contributed by atoms with Crippen molar-refractivity contribution in [3.05, 3.63) is 108 Å². The minimum absolute atomic E-state index is 0.00777. The van der Waals surface area contributed by atoms with Crippen molar-refractivity contribution in [2.75, 3.05) is 10.0 Å². The Kier molecular flexibility index (Phi) is 7.89. The average molecular weight is 573 g/mol. The summed E-state index contributed by atoms with van der Waals surface area (Å²) < 4.78 is 29.1. The normalized spacial score (nSPS) is 12.1. The minimum Gasteiger partial charge on any atom is -0.325 e. The summed E-state index contributed by atoms with van der Waals surface area (Å²) in [5.74, 6) is -0.347. The molecule has 0 aliphatic carbocycles. The molecule has 40 heavy (non-hydrogen) atoms. The monoisotopic (exact) mass is 572 g/mol. The third-order valence-corrected chi connectivity index (χ3v) is 8.55. The van der Waals surface area contributed by atoms with Crippen molar-refractivity contribution in [1.29, 1.82) is 0 Å². The van der Waals surface area contributed by atoms with Gasteiger partial charge in [-0.25, -0.2) is 28.1 Å². The van der Waals surface area contributed by atoms with Crippen molar-refractivity contribution in [2.45, 2.75) is 28.6 Å². The number of hydrogen-bond donors (Lipinski definition) is 2. The van der Waals surface area contributed by atoms with E-state index in [0.29, 0.717) is 33.9 Å². The second-order valence-corrected chi connectivity index (χ2v) is 11.4. The maximum Gasteiger partial charge on any atom is 0.266 e. The fourth-order valence-electron chi connectivity index (χ4n) is 3.92. The molecule has 5 aromatic rings. The minimum atomic E-state index is -3.91. The molecule has 0 spiro atoms. The molecular weight excluding hydrogens is 548 g/mol. The maximum absolute atomic E-state index is 13.5. The lowest BCUT2D eigenvalue weighted by Crippen LogP contribution is -2.27. The van der Waals surface area contributed by atoms with Gasteiger partial charge in [0.15, 0.2) is 5.16 Å². The molecule has 0 saturated heterocycles. The van der Waals surface area contributed by atoms with Gasteiger partial charge in [0.2, 0.25) is 11.9 Å². The number of rotatable bonds is 9. The molecule has 1 unspecified atom stereocenters. The second kappa shape index (κ2) is 11.7. The topological polar surface area (TPSA) is 136 Å². The molecule has 0 bridgehead atoms. The molecule has 12 heteroatoms. The number of anilines is 2. The maximum atomic E-state index is 13.5. The van der Waals surface area contributed by atoms with Gasteiger partial charge in [-0.05, 0) is 61.0 Å². The number of sulfonamides is 1. The zero-order valence-corrected chi connectivity index (χ0v) is 22.9. The van der Waals surface area contributed by atoms with Crippen LogP contribution in [0.1, 0.15) is 13.3 Å². The zero-order chi connectivity index (χ0) is 28.1. The van der Waals surface area contributed by atoms with Crippen LogP contribution < -0.4 is 15.6 Å². The van der Waals surface area contributed by atoms with Crippen LogP contribution >= 0.6 is 11.8 Å². The molecule has 10 nitrogen and oxygen atoms in total. The Labute approximate surface area is 234 Å². The first-order chi connectivity index (χ1) is 19.4. The van der Waals surface area contributed by atoms with E-state index in [1.165, 1.54) is 53.0 Å². The van der Waals surface area contributed by atoms with Gasteiger partial charge < -0.3 is 5.32 Å². The van der Waals surface area contributed by atoms with E-state index >= 15 is 0 Å². The Morgan fingerprint density at radius 3 is 2.30 bits per heavy atom. The smallest absolute Gasteiger partial charge is 0.266 e. The first kappa shape index (κ1) is 27.0. The van der Waals surface area contributed by atoms with Crippen LogP contribution in [-0.2, 0) is 14.8 Å². The molecule has 2 N–H and O–H groups in total.